The van der Waals surface area contributed by atoms with Gasteiger partial charge in [-0.05, 0) is 43.2 Å². The quantitative estimate of drug-likeness (QED) is 0.794. The van der Waals surface area contributed by atoms with Gasteiger partial charge in [-0.2, -0.15) is 0 Å². The van der Waals surface area contributed by atoms with Crippen LogP contribution in [0.2, 0.25) is 0 Å². The summed E-state index contributed by atoms with van der Waals surface area (Å²) in [5, 5.41) is 9.70. The van der Waals surface area contributed by atoms with Gasteiger partial charge in [0.25, 0.3) is 0 Å². The fraction of sp³-hybridized carbons (Fsp3) is 0.500. The Morgan fingerprint density at radius 3 is 2.60 bits per heavy atom. The first-order chi connectivity index (χ1) is 9.86. The lowest BCUT2D eigenvalue weighted by molar-refractivity contribution is 0.401. The lowest BCUT2D eigenvalue weighted by atomic mass is 9.88. The molecule has 3 atom stereocenters. The van der Waals surface area contributed by atoms with E-state index in [0.717, 1.165) is 23.0 Å². The minimum atomic E-state index is 0.606. The van der Waals surface area contributed by atoms with Crippen molar-refractivity contribution in [2.75, 3.05) is 0 Å². The van der Waals surface area contributed by atoms with Gasteiger partial charge in [0, 0.05) is 11.6 Å². The van der Waals surface area contributed by atoms with Crippen molar-refractivity contribution >= 4 is 15.9 Å². The molecule has 0 aliphatic heterocycles. The maximum atomic E-state index is 4.55. The van der Waals surface area contributed by atoms with Crippen LogP contribution in [0.4, 0.5) is 0 Å². The first kappa shape index (κ1) is 12.6. The van der Waals surface area contributed by atoms with E-state index in [1.807, 2.05) is 0 Å². The van der Waals surface area contributed by atoms with Crippen LogP contribution in [0.15, 0.2) is 30.3 Å². The lowest BCUT2D eigenvalue weighted by Crippen LogP contribution is -2.15. The van der Waals surface area contributed by atoms with Gasteiger partial charge in [-0.25, -0.2) is 0 Å². The third kappa shape index (κ3) is 1.93. The average molecular weight is 332 g/mol. The van der Waals surface area contributed by atoms with Gasteiger partial charge < -0.3 is 0 Å². The average Bonchev–Trinajstić information content (AvgIpc) is 3.22. The third-order valence-corrected chi connectivity index (χ3v) is 5.46. The van der Waals surface area contributed by atoms with Gasteiger partial charge in [0.2, 0.25) is 0 Å². The van der Waals surface area contributed by atoms with E-state index in [1.165, 1.54) is 37.2 Å². The van der Waals surface area contributed by atoms with Gasteiger partial charge in [0.1, 0.15) is 11.6 Å². The number of alkyl halides is 1. The standard InChI is InChI=1S/C16H18BrN3/c17-10-15-18-19-16(14-9-11-6-7-12(14)8-11)20(15)13-4-2-1-3-5-13/h1-5,11-12,14H,6-10H2. The molecule has 2 aliphatic rings. The fourth-order valence-corrected chi connectivity index (χ4v) is 4.44. The molecule has 4 heteroatoms. The summed E-state index contributed by atoms with van der Waals surface area (Å²) in [5.41, 5.74) is 1.18. The summed E-state index contributed by atoms with van der Waals surface area (Å²) in [6.07, 6.45) is 5.50. The second-order valence-electron chi connectivity index (χ2n) is 6.06. The summed E-state index contributed by atoms with van der Waals surface area (Å²) in [7, 11) is 0. The van der Waals surface area contributed by atoms with Gasteiger partial charge in [-0.3, -0.25) is 4.57 Å². The normalized spacial score (nSPS) is 28.1. The Hall–Kier alpha value is -1.16. The molecule has 2 saturated carbocycles. The molecule has 0 spiro atoms. The van der Waals surface area contributed by atoms with Crippen LogP contribution in [0.1, 0.15) is 43.3 Å². The smallest absolute Gasteiger partial charge is 0.148 e. The Morgan fingerprint density at radius 2 is 1.95 bits per heavy atom. The predicted octanol–water partition coefficient (Wildman–Crippen LogP) is 4.07. The SMILES string of the molecule is BrCc1nnc(C2CC3CCC2C3)n1-c1ccccc1. The number of nitrogens with zero attached hydrogens (tertiary/aromatic N) is 3. The zero-order valence-corrected chi connectivity index (χ0v) is 13.0. The molecule has 4 rings (SSSR count). The van der Waals surface area contributed by atoms with Gasteiger partial charge in [-0.1, -0.05) is 40.5 Å². The molecule has 0 saturated heterocycles. The largest absolute Gasteiger partial charge is 0.282 e. The molecule has 2 aliphatic carbocycles. The van der Waals surface area contributed by atoms with E-state index < -0.39 is 0 Å². The Bertz CT molecular complexity index is 607. The molecule has 2 fully saturated rings. The van der Waals surface area contributed by atoms with E-state index >= 15 is 0 Å². The number of aromatic nitrogens is 3. The van der Waals surface area contributed by atoms with Gasteiger partial charge in [-0.15, -0.1) is 10.2 Å². The van der Waals surface area contributed by atoms with E-state index in [1.54, 1.807) is 0 Å². The summed E-state index contributed by atoms with van der Waals surface area (Å²) in [6.45, 7) is 0. The van der Waals surface area contributed by atoms with Gasteiger partial charge in [0.15, 0.2) is 0 Å². The van der Waals surface area contributed by atoms with Crippen molar-refractivity contribution in [2.45, 2.75) is 36.9 Å². The molecular weight excluding hydrogens is 314 g/mol. The first-order valence-corrected chi connectivity index (χ1v) is 8.54. The fourth-order valence-electron chi connectivity index (χ4n) is 4.08. The molecule has 1 heterocycles. The van der Waals surface area contributed by atoms with Crippen molar-refractivity contribution in [3.8, 4) is 5.69 Å². The maximum Gasteiger partial charge on any atom is 0.148 e. The zero-order chi connectivity index (χ0) is 13.5. The minimum Gasteiger partial charge on any atom is -0.282 e. The van der Waals surface area contributed by atoms with E-state index in [0.29, 0.717) is 5.92 Å². The van der Waals surface area contributed by atoms with Crippen LogP contribution in [-0.4, -0.2) is 14.8 Å². The Balaban J connectivity index is 1.79. The predicted molar refractivity (Wildman–Crippen MR) is 82.2 cm³/mol. The monoisotopic (exact) mass is 331 g/mol. The molecule has 0 amide bonds. The van der Waals surface area contributed by atoms with Crippen molar-refractivity contribution in [3.05, 3.63) is 42.0 Å². The molecule has 2 bridgehead atoms. The number of fused-ring (bicyclic) bond motifs is 2. The summed E-state index contributed by atoms with van der Waals surface area (Å²) < 4.78 is 2.26. The number of hydrogen-bond donors (Lipinski definition) is 0. The molecule has 2 aromatic rings. The van der Waals surface area contributed by atoms with Crippen molar-refractivity contribution < 1.29 is 0 Å². The second kappa shape index (κ2) is 4.99. The van der Waals surface area contributed by atoms with Gasteiger partial charge in [0.05, 0.1) is 5.33 Å². The molecule has 20 heavy (non-hydrogen) atoms. The zero-order valence-electron chi connectivity index (χ0n) is 11.4. The molecule has 1 aromatic carbocycles. The Kier molecular flexibility index (Phi) is 3.14. The summed E-state index contributed by atoms with van der Waals surface area (Å²) >= 11 is 3.55. The van der Waals surface area contributed by atoms with Crippen molar-refractivity contribution in [2.24, 2.45) is 11.8 Å². The van der Waals surface area contributed by atoms with Crippen LogP contribution in [0.3, 0.4) is 0 Å². The highest BCUT2D eigenvalue weighted by molar-refractivity contribution is 9.08. The molecule has 0 N–H and O–H groups in total. The molecule has 1 aromatic heterocycles. The van der Waals surface area contributed by atoms with Crippen LogP contribution in [0.5, 0.6) is 0 Å². The van der Waals surface area contributed by atoms with E-state index in [4.69, 9.17) is 0 Å². The number of benzene rings is 1. The third-order valence-electron chi connectivity index (χ3n) is 4.96. The highest BCUT2D eigenvalue weighted by Gasteiger charge is 2.42. The number of halogens is 1. The lowest BCUT2D eigenvalue weighted by Gasteiger charge is -2.22. The number of hydrogen-bond acceptors (Lipinski definition) is 2. The summed E-state index contributed by atoms with van der Waals surface area (Å²) in [6, 6.07) is 10.5. The minimum absolute atomic E-state index is 0.606. The molecule has 3 unspecified atom stereocenters. The van der Waals surface area contributed by atoms with E-state index in [-0.39, 0.29) is 0 Å². The molecular formula is C16H18BrN3. The van der Waals surface area contributed by atoms with Crippen LogP contribution in [0.25, 0.3) is 5.69 Å². The number of para-hydroxylation sites is 1. The molecule has 104 valence electrons. The molecule has 3 nitrogen and oxygen atoms in total. The van der Waals surface area contributed by atoms with Crippen LogP contribution in [0, 0.1) is 11.8 Å². The van der Waals surface area contributed by atoms with Crippen LogP contribution in [-0.2, 0) is 5.33 Å². The van der Waals surface area contributed by atoms with Crippen LogP contribution >= 0.6 is 15.9 Å². The maximum absolute atomic E-state index is 4.55. The second-order valence-corrected chi connectivity index (χ2v) is 6.62. The Labute approximate surface area is 127 Å². The van der Waals surface area contributed by atoms with Gasteiger partial charge >= 0.3 is 0 Å². The topological polar surface area (TPSA) is 30.7 Å². The van der Waals surface area contributed by atoms with Crippen LogP contribution < -0.4 is 0 Å². The summed E-state index contributed by atoms with van der Waals surface area (Å²) in [5.74, 6) is 4.55. The highest BCUT2D eigenvalue weighted by atomic mass is 79.9. The Morgan fingerprint density at radius 1 is 1.10 bits per heavy atom. The summed E-state index contributed by atoms with van der Waals surface area (Å²) in [4.78, 5) is 0. The highest BCUT2D eigenvalue weighted by Crippen LogP contribution is 2.52. The van der Waals surface area contributed by atoms with Crippen molar-refractivity contribution in [1.82, 2.24) is 14.8 Å². The van der Waals surface area contributed by atoms with E-state index in [2.05, 4.69) is 61.0 Å². The van der Waals surface area contributed by atoms with Crippen molar-refractivity contribution in [3.63, 3.8) is 0 Å². The van der Waals surface area contributed by atoms with E-state index in [9.17, 15) is 0 Å². The number of rotatable bonds is 3. The molecule has 0 radical (unpaired) electrons. The van der Waals surface area contributed by atoms with Crippen molar-refractivity contribution in [1.29, 1.82) is 0 Å². The first-order valence-electron chi connectivity index (χ1n) is 7.42.